The van der Waals surface area contributed by atoms with Gasteiger partial charge in [0.1, 0.15) is 5.56 Å². The Bertz CT molecular complexity index is 979. The second-order valence-electron chi connectivity index (χ2n) is 6.86. The van der Waals surface area contributed by atoms with Crippen LogP contribution < -0.4 is 5.56 Å². The number of rotatable bonds is 4. The van der Waals surface area contributed by atoms with Crippen LogP contribution in [-0.4, -0.2) is 44.1 Å². The van der Waals surface area contributed by atoms with Crippen molar-refractivity contribution in [1.29, 1.82) is 0 Å². The lowest BCUT2D eigenvalue weighted by molar-refractivity contribution is 0.0703. The molecular formula is C20H21N5O2. The third-order valence-corrected chi connectivity index (χ3v) is 5.05. The summed E-state index contributed by atoms with van der Waals surface area (Å²) in [5, 5.41) is 7.38. The van der Waals surface area contributed by atoms with E-state index >= 15 is 0 Å². The van der Waals surface area contributed by atoms with Gasteiger partial charge in [-0.3, -0.25) is 14.7 Å². The third kappa shape index (κ3) is 3.67. The lowest BCUT2D eigenvalue weighted by Gasteiger charge is -2.32. The van der Waals surface area contributed by atoms with Crippen molar-refractivity contribution in [3.8, 4) is 0 Å². The van der Waals surface area contributed by atoms with Gasteiger partial charge in [0.2, 0.25) is 0 Å². The molecule has 3 heterocycles. The summed E-state index contributed by atoms with van der Waals surface area (Å²) in [6.07, 6.45) is 7.17. The lowest BCUT2D eigenvalue weighted by Crippen LogP contribution is -2.41. The van der Waals surface area contributed by atoms with Crippen LogP contribution in [0.1, 0.15) is 45.9 Å². The maximum absolute atomic E-state index is 12.8. The Labute approximate surface area is 156 Å². The largest absolute Gasteiger partial charge is 0.338 e. The number of H-pyrrole nitrogens is 2. The highest BCUT2D eigenvalue weighted by Gasteiger charge is 2.29. The van der Waals surface area contributed by atoms with Crippen LogP contribution in [0.3, 0.4) is 0 Å². The zero-order chi connectivity index (χ0) is 18.6. The molecule has 1 aliphatic rings. The van der Waals surface area contributed by atoms with Crippen molar-refractivity contribution in [1.82, 2.24) is 25.1 Å². The highest BCUT2D eigenvalue weighted by molar-refractivity contribution is 5.93. The number of carbonyl (C=O) groups is 1. The van der Waals surface area contributed by atoms with E-state index in [0.717, 1.165) is 30.5 Å². The van der Waals surface area contributed by atoms with Gasteiger partial charge in [-0.2, -0.15) is 5.10 Å². The molecule has 27 heavy (non-hydrogen) atoms. The molecule has 1 fully saturated rings. The van der Waals surface area contributed by atoms with Crippen LogP contribution in [0.4, 0.5) is 0 Å². The molecule has 0 unspecified atom stereocenters. The lowest BCUT2D eigenvalue weighted by atomic mass is 9.90. The summed E-state index contributed by atoms with van der Waals surface area (Å²) in [6.45, 7) is 1.21. The SMILES string of the molecule is O=C(c1cnc[nH]c1=O)N1CCC[C@@H](c2[nH]ncc2Cc2ccccc2)C1. The molecule has 1 atom stereocenters. The summed E-state index contributed by atoms with van der Waals surface area (Å²) in [4.78, 5) is 32.7. The van der Waals surface area contributed by atoms with Gasteiger partial charge in [0.05, 0.1) is 12.5 Å². The molecule has 1 aliphatic heterocycles. The molecule has 4 rings (SSSR count). The first-order chi connectivity index (χ1) is 13.2. The number of hydrogen-bond acceptors (Lipinski definition) is 4. The highest BCUT2D eigenvalue weighted by atomic mass is 16.2. The number of carbonyl (C=O) groups excluding carboxylic acids is 1. The number of likely N-dealkylation sites (tertiary alicyclic amines) is 1. The van der Waals surface area contributed by atoms with E-state index in [-0.39, 0.29) is 17.4 Å². The number of benzene rings is 1. The van der Waals surface area contributed by atoms with E-state index in [9.17, 15) is 9.59 Å². The summed E-state index contributed by atoms with van der Waals surface area (Å²) in [5.74, 6) is -0.0853. The Kier molecular flexibility index (Phi) is 4.82. The normalized spacial score (nSPS) is 17.0. The number of piperidine rings is 1. The quantitative estimate of drug-likeness (QED) is 0.742. The molecule has 0 spiro atoms. The topological polar surface area (TPSA) is 94.7 Å². The van der Waals surface area contributed by atoms with E-state index < -0.39 is 5.56 Å². The minimum atomic E-state index is -0.400. The smallest absolute Gasteiger partial charge is 0.263 e. The molecular weight excluding hydrogens is 342 g/mol. The molecule has 3 aromatic rings. The molecule has 2 N–H and O–H groups in total. The second kappa shape index (κ2) is 7.57. The van der Waals surface area contributed by atoms with Gasteiger partial charge in [-0.25, -0.2) is 4.98 Å². The predicted octanol–water partition coefficient (Wildman–Crippen LogP) is 2.10. The van der Waals surface area contributed by atoms with Crippen molar-refractivity contribution in [2.45, 2.75) is 25.2 Å². The van der Waals surface area contributed by atoms with Crippen LogP contribution >= 0.6 is 0 Å². The number of aromatic amines is 2. The second-order valence-corrected chi connectivity index (χ2v) is 6.86. The summed E-state index contributed by atoms with van der Waals surface area (Å²) in [7, 11) is 0. The van der Waals surface area contributed by atoms with Gasteiger partial charge in [-0.1, -0.05) is 30.3 Å². The van der Waals surface area contributed by atoms with E-state index in [1.54, 1.807) is 4.90 Å². The molecule has 2 aromatic heterocycles. The zero-order valence-electron chi connectivity index (χ0n) is 14.9. The van der Waals surface area contributed by atoms with Gasteiger partial charge in [-0.05, 0) is 24.0 Å². The molecule has 0 radical (unpaired) electrons. The van der Waals surface area contributed by atoms with E-state index in [4.69, 9.17) is 0 Å². The van der Waals surface area contributed by atoms with Crippen LogP contribution in [0.2, 0.25) is 0 Å². The fourth-order valence-electron chi connectivity index (χ4n) is 3.70. The van der Waals surface area contributed by atoms with Gasteiger partial charge >= 0.3 is 0 Å². The number of aromatic nitrogens is 4. The Morgan fingerprint density at radius 2 is 2.07 bits per heavy atom. The molecule has 0 aliphatic carbocycles. The average molecular weight is 363 g/mol. The molecule has 0 bridgehead atoms. The van der Waals surface area contributed by atoms with E-state index in [0.29, 0.717) is 13.1 Å². The van der Waals surface area contributed by atoms with E-state index in [1.807, 2.05) is 24.4 Å². The fourth-order valence-corrected chi connectivity index (χ4v) is 3.70. The van der Waals surface area contributed by atoms with Crippen molar-refractivity contribution in [3.63, 3.8) is 0 Å². The van der Waals surface area contributed by atoms with Crippen molar-refractivity contribution in [3.05, 3.63) is 81.8 Å². The summed E-state index contributed by atoms with van der Waals surface area (Å²) < 4.78 is 0. The van der Waals surface area contributed by atoms with Gasteiger partial charge in [0.15, 0.2) is 0 Å². The number of hydrogen-bond donors (Lipinski definition) is 2. The predicted molar refractivity (Wildman–Crippen MR) is 101 cm³/mol. The van der Waals surface area contributed by atoms with Gasteiger partial charge in [0, 0.05) is 37.3 Å². The molecule has 1 amide bonds. The molecule has 1 aromatic carbocycles. The summed E-state index contributed by atoms with van der Waals surface area (Å²) >= 11 is 0. The summed E-state index contributed by atoms with van der Waals surface area (Å²) in [6, 6.07) is 10.3. The van der Waals surface area contributed by atoms with Crippen LogP contribution in [0.5, 0.6) is 0 Å². The van der Waals surface area contributed by atoms with Crippen LogP contribution in [-0.2, 0) is 6.42 Å². The van der Waals surface area contributed by atoms with Crippen molar-refractivity contribution < 1.29 is 4.79 Å². The standard InChI is InChI=1S/C20H21N5O2/c26-19-17(11-21-13-22-19)20(27)25-8-4-7-15(12-25)18-16(10-23-24-18)9-14-5-2-1-3-6-14/h1-3,5-6,10-11,13,15H,4,7-9,12H2,(H,23,24)(H,21,22,26)/t15-/m1/s1. The monoisotopic (exact) mass is 363 g/mol. The van der Waals surface area contributed by atoms with Crippen molar-refractivity contribution in [2.24, 2.45) is 0 Å². The van der Waals surface area contributed by atoms with Crippen LogP contribution in [0, 0.1) is 0 Å². The maximum Gasteiger partial charge on any atom is 0.263 e. The Balaban J connectivity index is 1.52. The Morgan fingerprint density at radius 3 is 2.89 bits per heavy atom. The van der Waals surface area contributed by atoms with Gasteiger partial charge in [-0.15, -0.1) is 0 Å². The van der Waals surface area contributed by atoms with E-state index in [2.05, 4.69) is 32.3 Å². The summed E-state index contributed by atoms with van der Waals surface area (Å²) in [5.41, 5.74) is 3.15. The Hall–Kier alpha value is -3.22. The average Bonchev–Trinajstić information content (AvgIpc) is 3.17. The molecule has 7 heteroatoms. The fraction of sp³-hybridized carbons (Fsp3) is 0.300. The van der Waals surface area contributed by atoms with Crippen LogP contribution in [0.25, 0.3) is 0 Å². The van der Waals surface area contributed by atoms with Gasteiger partial charge < -0.3 is 9.88 Å². The molecule has 0 saturated carbocycles. The molecule has 7 nitrogen and oxygen atoms in total. The van der Waals surface area contributed by atoms with Gasteiger partial charge in [0.25, 0.3) is 11.5 Å². The molecule has 1 saturated heterocycles. The number of nitrogens with zero attached hydrogens (tertiary/aromatic N) is 3. The van der Waals surface area contributed by atoms with Crippen molar-refractivity contribution in [2.75, 3.05) is 13.1 Å². The highest BCUT2D eigenvalue weighted by Crippen LogP contribution is 2.29. The van der Waals surface area contributed by atoms with E-state index in [1.165, 1.54) is 18.1 Å². The van der Waals surface area contributed by atoms with Crippen LogP contribution in [0.15, 0.2) is 53.8 Å². The number of amides is 1. The minimum absolute atomic E-state index is 0.0901. The first-order valence-electron chi connectivity index (χ1n) is 9.10. The molecule has 138 valence electrons. The Morgan fingerprint density at radius 1 is 1.22 bits per heavy atom. The number of nitrogens with one attached hydrogen (secondary N) is 2. The first kappa shape index (κ1) is 17.2. The minimum Gasteiger partial charge on any atom is -0.338 e. The van der Waals surface area contributed by atoms with Crippen molar-refractivity contribution >= 4 is 5.91 Å². The maximum atomic E-state index is 12.8. The first-order valence-corrected chi connectivity index (χ1v) is 9.10. The zero-order valence-corrected chi connectivity index (χ0v) is 14.9. The third-order valence-electron chi connectivity index (χ3n) is 5.05.